The molecule has 1 heterocycles. The molecule has 2 aromatic carbocycles. The lowest BCUT2D eigenvalue weighted by molar-refractivity contribution is 0.0819. The highest BCUT2D eigenvalue weighted by molar-refractivity contribution is 6.05. The molecule has 6 nitrogen and oxygen atoms in total. The number of alkyl halides is 2. The van der Waals surface area contributed by atoms with Crippen molar-refractivity contribution in [3.05, 3.63) is 54.1 Å². The van der Waals surface area contributed by atoms with Crippen molar-refractivity contribution in [1.82, 2.24) is 10.6 Å². The van der Waals surface area contributed by atoms with E-state index in [0.717, 1.165) is 18.7 Å². The Balaban J connectivity index is 1.59. The van der Waals surface area contributed by atoms with E-state index in [0.29, 0.717) is 29.5 Å². The van der Waals surface area contributed by atoms with Crippen molar-refractivity contribution in [2.24, 2.45) is 4.99 Å². The fourth-order valence-corrected chi connectivity index (χ4v) is 2.49. The van der Waals surface area contributed by atoms with E-state index < -0.39 is 13.0 Å². The number of amides is 1. The molecule has 0 saturated heterocycles. The van der Waals surface area contributed by atoms with Gasteiger partial charge in [-0.25, -0.2) is 8.78 Å². The molecule has 0 bridgehead atoms. The summed E-state index contributed by atoms with van der Waals surface area (Å²) >= 11 is 0. The fraction of sp³-hybridized carbons (Fsp3) is 0.263. The molecule has 0 unspecified atom stereocenters. The third-order valence-electron chi connectivity index (χ3n) is 3.77. The first-order valence-corrected chi connectivity index (χ1v) is 8.58. The van der Waals surface area contributed by atoms with Crippen molar-refractivity contribution >= 4 is 23.2 Å². The van der Waals surface area contributed by atoms with E-state index in [1.807, 2.05) is 0 Å². The van der Waals surface area contributed by atoms with Crippen LogP contribution in [0.1, 0.15) is 16.8 Å². The van der Waals surface area contributed by atoms with Crippen LogP contribution in [-0.2, 0) is 0 Å². The van der Waals surface area contributed by atoms with Gasteiger partial charge in [-0.1, -0.05) is 6.07 Å². The highest BCUT2D eigenvalue weighted by Gasteiger charge is 2.10. The number of hydrogen-bond donors (Lipinski definition) is 3. The Labute approximate surface area is 155 Å². The topological polar surface area (TPSA) is 74.8 Å². The number of nitrogens with zero attached hydrogens (tertiary/aromatic N) is 1. The zero-order valence-electron chi connectivity index (χ0n) is 14.5. The van der Waals surface area contributed by atoms with Gasteiger partial charge in [0.2, 0.25) is 0 Å². The third kappa shape index (κ3) is 5.67. The van der Waals surface area contributed by atoms with Gasteiger partial charge in [-0.2, -0.15) is 0 Å². The van der Waals surface area contributed by atoms with Gasteiger partial charge >= 0.3 is 0 Å². The Hall–Kier alpha value is -3.16. The number of benzene rings is 2. The van der Waals surface area contributed by atoms with Crippen molar-refractivity contribution < 1.29 is 18.3 Å². The van der Waals surface area contributed by atoms with Crippen LogP contribution in [-0.4, -0.2) is 38.0 Å². The zero-order valence-corrected chi connectivity index (χ0v) is 14.5. The smallest absolute Gasteiger partial charge is 0.272 e. The summed E-state index contributed by atoms with van der Waals surface area (Å²) in [7, 11) is 0. The molecular formula is C19H20F2N4O2. The first kappa shape index (κ1) is 18.6. The Morgan fingerprint density at radius 1 is 1.19 bits per heavy atom. The minimum atomic E-state index is -2.52. The number of anilines is 2. The second-order valence-corrected chi connectivity index (χ2v) is 5.90. The first-order chi connectivity index (χ1) is 13.1. The van der Waals surface area contributed by atoms with E-state index in [9.17, 15) is 13.6 Å². The molecule has 0 aromatic heterocycles. The predicted molar refractivity (Wildman–Crippen MR) is 100 cm³/mol. The van der Waals surface area contributed by atoms with Crippen LogP contribution in [0.3, 0.4) is 0 Å². The average molecular weight is 374 g/mol. The summed E-state index contributed by atoms with van der Waals surface area (Å²) in [4.78, 5) is 16.4. The molecular weight excluding hydrogens is 354 g/mol. The summed E-state index contributed by atoms with van der Waals surface area (Å²) in [5, 5.41) is 8.91. The lowest BCUT2D eigenvalue weighted by Gasteiger charge is -2.15. The van der Waals surface area contributed by atoms with Crippen LogP contribution < -0.4 is 20.7 Å². The normalized spacial score (nSPS) is 13.5. The number of guanidine groups is 1. The van der Waals surface area contributed by atoms with Gasteiger partial charge in [0, 0.05) is 36.1 Å². The van der Waals surface area contributed by atoms with Crippen molar-refractivity contribution in [3.8, 4) is 5.75 Å². The Kier molecular flexibility index (Phi) is 6.19. The molecule has 142 valence electrons. The molecule has 0 radical (unpaired) electrons. The van der Waals surface area contributed by atoms with Crippen molar-refractivity contribution in [2.75, 3.05) is 25.0 Å². The minimum absolute atomic E-state index is 0.239. The number of rotatable bonds is 6. The Morgan fingerprint density at radius 3 is 2.70 bits per heavy atom. The summed E-state index contributed by atoms with van der Waals surface area (Å²) in [6, 6.07) is 13.7. The van der Waals surface area contributed by atoms with Gasteiger partial charge < -0.3 is 15.4 Å². The monoisotopic (exact) mass is 374 g/mol. The molecule has 27 heavy (non-hydrogen) atoms. The van der Waals surface area contributed by atoms with Gasteiger partial charge in [-0.15, -0.1) is 0 Å². The molecule has 0 atom stereocenters. The largest absolute Gasteiger partial charge is 0.488 e. The summed E-state index contributed by atoms with van der Waals surface area (Å²) in [6.07, 6.45) is -1.57. The molecule has 0 spiro atoms. The summed E-state index contributed by atoms with van der Waals surface area (Å²) in [5.41, 5.74) is 1.95. The average Bonchev–Trinajstić information content (AvgIpc) is 2.68. The predicted octanol–water partition coefficient (Wildman–Crippen LogP) is 3.15. The van der Waals surface area contributed by atoms with Gasteiger partial charge in [0.25, 0.3) is 12.3 Å². The number of halogens is 2. The maximum atomic E-state index is 12.2. The number of carbonyl (C=O) groups is 1. The van der Waals surface area contributed by atoms with Gasteiger partial charge in [0.05, 0.1) is 0 Å². The van der Waals surface area contributed by atoms with Crippen molar-refractivity contribution in [2.45, 2.75) is 12.8 Å². The lowest BCUT2D eigenvalue weighted by atomic mass is 10.2. The number of nitrogens with one attached hydrogen (secondary N) is 3. The van der Waals surface area contributed by atoms with E-state index in [2.05, 4.69) is 20.9 Å². The molecule has 1 aliphatic heterocycles. The first-order valence-electron chi connectivity index (χ1n) is 8.58. The van der Waals surface area contributed by atoms with E-state index in [1.54, 1.807) is 48.5 Å². The molecule has 3 N–H and O–H groups in total. The Morgan fingerprint density at radius 2 is 2.00 bits per heavy atom. The van der Waals surface area contributed by atoms with Crippen molar-refractivity contribution in [3.63, 3.8) is 0 Å². The molecule has 2 aromatic rings. The van der Waals surface area contributed by atoms with E-state index in [4.69, 9.17) is 4.74 Å². The highest BCUT2D eigenvalue weighted by atomic mass is 19.3. The summed E-state index contributed by atoms with van der Waals surface area (Å²) in [5.74, 6) is 0.614. The fourth-order valence-electron chi connectivity index (χ4n) is 2.49. The lowest BCUT2D eigenvalue weighted by Crippen LogP contribution is -2.43. The second kappa shape index (κ2) is 8.98. The maximum absolute atomic E-state index is 12.2. The molecule has 1 aliphatic rings. The number of aliphatic imine (C=N–C) groups is 1. The molecule has 3 rings (SSSR count). The van der Waals surface area contributed by atoms with Gasteiger partial charge in [0.15, 0.2) is 5.96 Å². The van der Waals surface area contributed by atoms with Gasteiger partial charge in [0.1, 0.15) is 12.4 Å². The van der Waals surface area contributed by atoms with E-state index in [-0.39, 0.29) is 5.91 Å². The van der Waals surface area contributed by atoms with E-state index >= 15 is 0 Å². The quantitative estimate of drug-likeness (QED) is 0.726. The van der Waals surface area contributed by atoms with Gasteiger partial charge in [-0.05, 0) is 42.8 Å². The molecule has 0 aliphatic carbocycles. The van der Waals surface area contributed by atoms with Crippen LogP contribution in [0.25, 0.3) is 0 Å². The third-order valence-corrected chi connectivity index (χ3v) is 3.77. The number of ether oxygens (including phenoxy) is 1. The van der Waals surface area contributed by atoms with E-state index in [1.165, 1.54) is 0 Å². The minimum Gasteiger partial charge on any atom is -0.488 e. The van der Waals surface area contributed by atoms with Crippen LogP contribution in [0, 0.1) is 0 Å². The maximum Gasteiger partial charge on any atom is 0.272 e. The van der Waals surface area contributed by atoms with Crippen LogP contribution in [0.5, 0.6) is 5.75 Å². The van der Waals surface area contributed by atoms with Crippen LogP contribution in [0.2, 0.25) is 0 Å². The molecule has 0 fully saturated rings. The van der Waals surface area contributed by atoms with Crippen LogP contribution in [0.15, 0.2) is 53.5 Å². The molecule has 8 heteroatoms. The SMILES string of the molecule is O=C(NC1=NCCCN1)c1ccc(Nc2cccc(OCC(F)F)c2)cc1. The standard InChI is InChI=1S/C19H20F2N4O2/c20-17(21)12-27-16-4-1-3-15(11-16)24-14-7-5-13(6-8-14)18(26)25-19-22-9-2-10-23-19/h1,3-8,11,17,24H,2,9-10,12H2,(H2,22,23,25,26). The second-order valence-electron chi connectivity index (χ2n) is 5.90. The summed E-state index contributed by atoms with van der Waals surface area (Å²) < 4.78 is 29.5. The van der Waals surface area contributed by atoms with Crippen LogP contribution >= 0.6 is 0 Å². The van der Waals surface area contributed by atoms with Gasteiger partial charge in [-0.3, -0.25) is 15.1 Å². The molecule has 1 amide bonds. The zero-order chi connectivity index (χ0) is 19.1. The van der Waals surface area contributed by atoms with Crippen LogP contribution in [0.4, 0.5) is 20.2 Å². The molecule has 0 saturated carbocycles. The number of carbonyl (C=O) groups excluding carboxylic acids is 1. The Bertz CT molecular complexity index is 810. The highest BCUT2D eigenvalue weighted by Crippen LogP contribution is 2.22. The van der Waals surface area contributed by atoms with Crippen molar-refractivity contribution in [1.29, 1.82) is 0 Å². The summed E-state index contributed by atoms with van der Waals surface area (Å²) in [6.45, 7) is 0.848. The number of hydrogen-bond acceptors (Lipinski definition) is 5.